The van der Waals surface area contributed by atoms with E-state index in [1.54, 1.807) is 0 Å². The summed E-state index contributed by atoms with van der Waals surface area (Å²) in [4.78, 5) is 18.8. The van der Waals surface area contributed by atoms with Gasteiger partial charge in [0.25, 0.3) is 0 Å². The Labute approximate surface area is 299 Å². The fourth-order valence-corrected chi connectivity index (χ4v) is 7.46. The van der Waals surface area contributed by atoms with Crippen molar-refractivity contribution < 1.29 is 0 Å². The lowest BCUT2D eigenvalue weighted by Gasteiger charge is -2.12. The van der Waals surface area contributed by atoms with Crippen molar-refractivity contribution in [1.82, 2.24) is 24.1 Å². The molecule has 6 heteroatoms. The van der Waals surface area contributed by atoms with Gasteiger partial charge >= 0.3 is 0 Å². The zero-order valence-electron chi connectivity index (χ0n) is 27.8. The van der Waals surface area contributed by atoms with Gasteiger partial charge in [0.1, 0.15) is 0 Å². The predicted molar refractivity (Wildman–Crippen MR) is 211 cm³/mol. The highest BCUT2D eigenvalue weighted by Gasteiger charge is 2.21. The topological polar surface area (TPSA) is 52.9 Å². The van der Waals surface area contributed by atoms with Crippen LogP contribution >= 0.6 is 0 Å². The van der Waals surface area contributed by atoms with Gasteiger partial charge in [0.2, 0.25) is 0 Å². The smallest absolute Gasteiger partial charge is 0.188 e. The third-order valence-electron chi connectivity index (χ3n) is 9.75. The number of fused-ring (bicyclic) bond motifs is 7. The van der Waals surface area contributed by atoms with E-state index in [0.717, 1.165) is 71.7 Å². The van der Waals surface area contributed by atoms with E-state index in [-0.39, 0.29) is 0 Å². The summed E-state index contributed by atoms with van der Waals surface area (Å²) in [5.41, 5.74) is 9.77. The Kier molecular flexibility index (Phi) is 6.76. The van der Waals surface area contributed by atoms with Crippen molar-refractivity contribution in [3.63, 3.8) is 0 Å². The maximum Gasteiger partial charge on any atom is 0.188 e. The standard InChI is InChI=1S/C46H28N6/c1-47-33-24-26-40-38(29-33)36-25-27-41-42(37-22-11-12-23-39(37)51(41)34-19-9-4-10-20-34)43(36)52(40)35-21-13-18-32(28-35)46-49-44(30-14-5-2-6-15-30)48-45(50-46)31-16-7-3-8-17-31/h2-29H. The molecule has 0 aliphatic heterocycles. The van der Waals surface area contributed by atoms with Crippen molar-refractivity contribution in [1.29, 1.82) is 0 Å². The van der Waals surface area contributed by atoms with Crippen molar-refractivity contribution in [3.05, 3.63) is 181 Å². The second kappa shape index (κ2) is 11.9. The number of para-hydroxylation sites is 2. The predicted octanol–water partition coefficient (Wildman–Crippen LogP) is 11.6. The molecule has 0 atom stereocenters. The van der Waals surface area contributed by atoms with Crippen molar-refractivity contribution in [3.8, 4) is 45.5 Å². The number of nitrogens with zero attached hydrogens (tertiary/aromatic N) is 6. The molecule has 0 aliphatic rings. The molecule has 3 aromatic heterocycles. The quantitative estimate of drug-likeness (QED) is 0.172. The SMILES string of the molecule is [C-]#[N+]c1ccc2c(c1)c1ccc3c(c4ccccc4n3-c3ccccc3)c1n2-c1cccc(-c2nc(-c3ccccc3)nc(-c3ccccc3)n2)c1. The second-order valence-electron chi connectivity index (χ2n) is 12.8. The van der Waals surface area contributed by atoms with Gasteiger partial charge in [0.05, 0.1) is 28.6 Å². The molecule has 242 valence electrons. The van der Waals surface area contributed by atoms with Crippen LogP contribution in [0, 0.1) is 6.57 Å². The zero-order chi connectivity index (χ0) is 34.6. The first-order valence-electron chi connectivity index (χ1n) is 17.2. The van der Waals surface area contributed by atoms with Crippen LogP contribution in [0.25, 0.3) is 94.0 Å². The molecular formula is C46H28N6. The lowest BCUT2D eigenvalue weighted by molar-refractivity contribution is 1.07. The van der Waals surface area contributed by atoms with Crippen LogP contribution in [0.15, 0.2) is 170 Å². The summed E-state index contributed by atoms with van der Waals surface area (Å²) in [7, 11) is 0. The monoisotopic (exact) mass is 664 g/mol. The first-order valence-corrected chi connectivity index (χ1v) is 17.2. The fraction of sp³-hybridized carbons (Fsp3) is 0. The molecule has 0 saturated carbocycles. The van der Waals surface area contributed by atoms with Crippen LogP contribution < -0.4 is 0 Å². The van der Waals surface area contributed by atoms with Crippen molar-refractivity contribution in [2.24, 2.45) is 0 Å². The van der Waals surface area contributed by atoms with Crippen LogP contribution in [0.3, 0.4) is 0 Å². The van der Waals surface area contributed by atoms with Crippen LogP contribution in [0.4, 0.5) is 5.69 Å². The van der Waals surface area contributed by atoms with E-state index >= 15 is 0 Å². The molecule has 0 unspecified atom stereocenters. The molecule has 0 amide bonds. The Hall–Kier alpha value is -7.36. The molecular weight excluding hydrogens is 637 g/mol. The van der Waals surface area contributed by atoms with E-state index in [9.17, 15) is 0 Å². The van der Waals surface area contributed by atoms with Gasteiger partial charge < -0.3 is 9.13 Å². The van der Waals surface area contributed by atoms with Gasteiger partial charge in [-0.1, -0.05) is 121 Å². The Morgan fingerprint density at radius 3 is 1.65 bits per heavy atom. The van der Waals surface area contributed by atoms with Gasteiger partial charge in [-0.15, -0.1) is 0 Å². The van der Waals surface area contributed by atoms with Crippen molar-refractivity contribution in [2.45, 2.75) is 0 Å². The molecule has 3 heterocycles. The lowest BCUT2D eigenvalue weighted by atomic mass is 10.1. The summed E-state index contributed by atoms with van der Waals surface area (Å²) in [5, 5.41) is 4.44. The van der Waals surface area contributed by atoms with Crippen LogP contribution in [0.2, 0.25) is 0 Å². The minimum absolute atomic E-state index is 0.594. The highest BCUT2D eigenvalue weighted by Crippen LogP contribution is 2.43. The average Bonchev–Trinajstić information content (AvgIpc) is 3.74. The van der Waals surface area contributed by atoms with E-state index in [1.165, 1.54) is 0 Å². The Morgan fingerprint density at radius 1 is 0.404 bits per heavy atom. The van der Waals surface area contributed by atoms with Crippen molar-refractivity contribution >= 4 is 49.3 Å². The fourth-order valence-electron chi connectivity index (χ4n) is 7.46. The molecule has 52 heavy (non-hydrogen) atoms. The minimum atomic E-state index is 0.594. The number of hydrogen-bond acceptors (Lipinski definition) is 3. The summed E-state index contributed by atoms with van der Waals surface area (Å²) >= 11 is 0. The van der Waals surface area contributed by atoms with Gasteiger partial charge in [-0.05, 0) is 53.9 Å². The number of rotatable bonds is 5. The third kappa shape index (κ3) is 4.68. The molecule has 7 aromatic carbocycles. The Bertz CT molecular complexity index is 2950. The highest BCUT2D eigenvalue weighted by atomic mass is 15.0. The minimum Gasteiger partial charge on any atom is -0.309 e. The zero-order valence-corrected chi connectivity index (χ0v) is 27.8. The highest BCUT2D eigenvalue weighted by molar-refractivity contribution is 6.26. The van der Waals surface area contributed by atoms with E-state index in [4.69, 9.17) is 21.5 Å². The average molecular weight is 665 g/mol. The van der Waals surface area contributed by atoms with E-state index in [2.05, 4.69) is 105 Å². The molecule has 0 N–H and O–H groups in total. The van der Waals surface area contributed by atoms with Gasteiger partial charge in [-0.25, -0.2) is 19.8 Å². The van der Waals surface area contributed by atoms with Crippen LogP contribution in [-0.2, 0) is 0 Å². The van der Waals surface area contributed by atoms with Gasteiger partial charge in [-0.3, -0.25) is 0 Å². The molecule has 0 bridgehead atoms. The van der Waals surface area contributed by atoms with E-state index in [1.807, 2.05) is 78.9 Å². The summed E-state index contributed by atoms with van der Waals surface area (Å²) in [6, 6.07) is 58.0. The first-order chi connectivity index (χ1) is 25.7. The second-order valence-corrected chi connectivity index (χ2v) is 12.8. The summed E-state index contributed by atoms with van der Waals surface area (Å²) in [6.07, 6.45) is 0. The largest absolute Gasteiger partial charge is 0.309 e. The summed E-state index contributed by atoms with van der Waals surface area (Å²) in [5.74, 6) is 1.83. The molecule has 0 fully saturated rings. The van der Waals surface area contributed by atoms with Crippen LogP contribution in [-0.4, -0.2) is 24.1 Å². The molecule has 0 saturated heterocycles. The Morgan fingerprint density at radius 2 is 0.962 bits per heavy atom. The van der Waals surface area contributed by atoms with Crippen molar-refractivity contribution in [2.75, 3.05) is 0 Å². The molecule has 0 aliphatic carbocycles. The molecule has 6 nitrogen and oxygen atoms in total. The van der Waals surface area contributed by atoms with Gasteiger partial charge in [0.15, 0.2) is 23.2 Å². The maximum atomic E-state index is 7.81. The van der Waals surface area contributed by atoms with Crippen LogP contribution in [0.5, 0.6) is 0 Å². The van der Waals surface area contributed by atoms with E-state index < -0.39 is 0 Å². The number of aromatic nitrogens is 5. The molecule has 10 aromatic rings. The van der Waals surface area contributed by atoms with Gasteiger partial charge in [0, 0.05) is 44.2 Å². The third-order valence-corrected chi connectivity index (χ3v) is 9.75. The maximum absolute atomic E-state index is 7.81. The molecule has 0 spiro atoms. The lowest BCUT2D eigenvalue weighted by Crippen LogP contribution is -2.01. The summed E-state index contributed by atoms with van der Waals surface area (Å²) in [6.45, 7) is 7.81. The first kappa shape index (κ1) is 29.5. The molecule has 0 radical (unpaired) electrons. The Balaban J connectivity index is 1.27. The van der Waals surface area contributed by atoms with Gasteiger partial charge in [-0.2, -0.15) is 0 Å². The normalized spacial score (nSPS) is 11.4. The number of benzene rings is 7. The summed E-state index contributed by atoms with van der Waals surface area (Å²) < 4.78 is 4.68. The molecule has 10 rings (SSSR count). The number of hydrogen-bond donors (Lipinski definition) is 0. The van der Waals surface area contributed by atoms with Crippen LogP contribution in [0.1, 0.15) is 0 Å². The van der Waals surface area contributed by atoms with E-state index in [0.29, 0.717) is 23.2 Å².